The predicted molar refractivity (Wildman–Crippen MR) is 63.0 cm³/mol. The Morgan fingerprint density at radius 1 is 1.18 bits per heavy atom. The summed E-state index contributed by atoms with van der Waals surface area (Å²) < 4.78 is 31.8. The Morgan fingerprint density at radius 2 is 1.71 bits per heavy atom. The summed E-state index contributed by atoms with van der Waals surface area (Å²) in [6.07, 6.45) is 0.0949. The van der Waals surface area contributed by atoms with Gasteiger partial charge in [0.2, 0.25) is 0 Å². The van der Waals surface area contributed by atoms with E-state index in [0.717, 1.165) is 12.1 Å². The van der Waals surface area contributed by atoms with Crippen molar-refractivity contribution in [2.24, 2.45) is 0 Å². The molecule has 0 bridgehead atoms. The third kappa shape index (κ3) is 2.49. The normalized spacial score (nSPS) is 25.1. The van der Waals surface area contributed by atoms with Gasteiger partial charge in [0.05, 0.1) is 23.6 Å². The molecule has 17 heavy (non-hydrogen) atoms. The van der Waals surface area contributed by atoms with Crippen LogP contribution in [0.2, 0.25) is 0 Å². The van der Waals surface area contributed by atoms with Gasteiger partial charge < -0.3 is 15.4 Å². The maximum absolute atomic E-state index is 13.2. The number of nitrogens with zero attached hydrogens (tertiary/aromatic N) is 1. The molecule has 1 saturated heterocycles. The summed E-state index contributed by atoms with van der Waals surface area (Å²) in [6, 6.07) is 2.17. The highest BCUT2D eigenvalue weighted by Crippen LogP contribution is 2.28. The first-order chi connectivity index (χ1) is 7.97. The van der Waals surface area contributed by atoms with Gasteiger partial charge in [-0.05, 0) is 13.8 Å². The molecule has 0 amide bonds. The minimum atomic E-state index is -0.916. The number of rotatable bonds is 1. The number of benzene rings is 1. The molecule has 0 spiro atoms. The summed E-state index contributed by atoms with van der Waals surface area (Å²) >= 11 is 0. The fourth-order valence-electron chi connectivity index (χ4n) is 2.20. The Morgan fingerprint density at radius 3 is 2.29 bits per heavy atom. The summed E-state index contributed by atoms with van der Waals surface area (Å²) in [6.45, 7) is 5.14. The monoisotopic (exact) mass is 242 g/mol. The van der Waals surface area contributed by atoms with Crippen molar-refractivity contribution in [3.05, 3.63) is 23.8 Å². The Labute approximate surface area is 99.2 Å². The van der Waals surface area contributed by atoms with Gasteiger partial charge in [-0.1, -0.05) is 0 Å². The van der Waals surface area contributed by atoms with E-state index < -0.39 is 11.6 Å². The highest BCUT2D eigenvalue weighted by atomic mass is 19.2. The van der Waals surface area contributed by atoms with Crippen molar-refractivity contribution in [2.75, 3.05) is 23.7 Å². The van der Waals surface area contributed by atoms with E-state index in [-0.39, 0.29) is 17.9 Å². The Bertz CT molecular complexity index is 415. The van der Waals surface area contributed by atoms with Crippen LogP contribution in [0.1, 0.15) is 13.8 Å². The molecule has 1 fully saturated rings. The van der Waals surface area contributed by atoms with Crippen LogP contribution in [0.3, 0.4) is 0 Å². The van der Waals surface area contributed by atoms with Gasteiger partial charge in [0.1, 0.15) is 0 Å². The van der Waals surface area contributed by atoms with Crippen LogP contribution in [-0.4, -0.2) is 25.3 Å². The van der Waals surface area contributed by atoms with Gasteiger partial charge in [-0.15, -0.1) is 0 Å². The molecule has 0 saturated carbocycles. The molecule has 1 aliphatic rings. The fraction of sp³-hybridized carbons (Fsp3) is 0.500. The van der Waals surface area contributed by atoms with Crippen molar-refractivity contribution in [2.45, 2.75) is 26.1 Å². The van der Waals surface area contributed by atoms with Crippen LogP contribution in [0.15, 0.2) is 12.1 Å². The molecule has 1 aromatic rings. The van der Waals surface area contributed by atoms with Crippen molar-refractivity contribution in [3.8, 4) is 0 Å². The maximum atomic E-state index is 13.2. The second-order valence-electron chi connectivity index (χ2n) is 4.49. The van der Waals surface area contributed by atoms with E-state index in [1.165, 1.54) is 0 Å². The maximum Gasteiger partial charge on any atom is 0.161 e. The lowest BCUT2D eigenvalue weighted by Gasteiger charge is -2.37. The first-order valence-corrected chi connectivity index (χ1v) is 5.62. The van der Waals surface area contributed by atoms with Crippen LogP contribution < -0.4 is 10.6 Å². The van der Waals surface area contributed by atoms with Gasteiger partial charge in [0, 0.05) is 25.2 Å². The molecule has 1 heterocycles. The molecule has 94 valence electrons. The standard InChI is InChI=1S/C12H16F2N2O/c1-7-5-16(6-8(2)17-7)12-4-10(14)9(13)3-11(12)15/h3-4,7-8H,5-6,15H2,1-2H3/t7-,8+. The van der Waals surface area contributed by atoms with E-state index >= 15 is 0 Å². The van der Waals surface area contributed by atoms with E-state index in [0.29, 0.717) is 18.8 Å². The summed E-state index contributed by atoms with van der Waals surface area (Å²) in [4.78, 5) is 1.93. The first kappa shape index (κ1) is 12.1. The second kappa shape index (κ2) is 4.49. The molecule has 2 atom stereocenters. The van der Waals surface area contributed by atoms with Crippen molar-refractivity contribution in [3.63, 3.8) is 0 Å². The fourth-order valence-corrected chi connectivity index (χ4v) is 2.20. The van der Waals surface area contributed by atoms with Gasteiger partial charge in [-0.2, -0.15) is 0 Å². The predicted octanol–water partition coefficient (Wildman–Crippen LogP) is 2.16. The van der Waals surface area contributed by atoms with E-state index in [9.17, 15) is 8.78 Å². The van der Waals surface area contributed by atoms with E-state index in [1.54, 1.807) is 0 Å². The first-order valence-electron chi connectivity index (χ1n) is 5.62. The number of hydrogen-bond acceptors (Lipinski definition) is 3. The summed E-state index contributed by atoms with van der Waals surface area (Å²) in [5.41, 5.74) is 6.51. The summed E-state index contributed by atoms with van der Waals surface area (Å²) in [7, 11) is 0. The van der Waals surface area contributed by atoms with Crippen molar-refractivity contribution >= 4 is 11.4 Å². The molecule has 5 heteroatoms. The largest absolute Gasteiger partial charge is 0.397 e. The average Bonchev–Trinajstić information content (AvgIpc) is 2.22. The number of ether oxygens (including phenoxy) is 1. The number of nitrogens with two attached hydrogens (primary N) is 1. The molecule has 2 N–H and O–H groups in total. The van der Waals surface area contributed by atoms with Gasteiger partial charge in [-0.3, -0.25) is 0 Å². The molecule has 3 nitrogen and oxygen atoms in total. The lowest BCUT2D eigenvalue weighted by Crippen LogP contribution is -2.45. The van der Waals surface area contributed by atoms with Crippen molar-refractivity contribution < 1.29 is 13.5 Å². The Hall–Kier alpha value is -1.36. The third-order valence-electron chi connectivity index (χ3n) is 2.83. The molecule has 0 aromatic heterocycles. The molecular formula is C12H16F2N2O. The highest BCUT2D eigenvalue weighted by molar-refractivity contribution is 5.68. The molecule has 0 unspecified atom stereocenters. The van der Waals surface area contributed by atoms with Gasteiger partial charge in [0.25, 0.3) is 0 Å². The zero-order chi connectivity index (χ0) is 12.6. The minimum absolute atomic E-state index is 0.0475. The summed E-state index contributed by atoms with van der Waals surface area (Å²) in [5, 5.41) is 0. The lowest BCUT2D eigenvalue weighted by molar-refractivity contribution is -0.00519. The number of morpholine rings is 1. The summed E-state index contributed by atoms with van der Waals surface area (Å²) in [5.74, 6) is -1.79. The van der Waals surface area contributed by atoms with Gasteiger partial charge >= 0.3 is 0 Å². The van der Waals surface area contributed by atoms with Crippen molar-refractivity contribution in [1.29, 1.82) is 0 Å². The van der Waals surface area contributed by atoms with E-state index in [1.807, 2.05) is 18.7 Å². The third-order valence-corrected chi connectivity index (χ3v) is 2.83. The average molecular weight is 242 g/mol. The molecule has 0 radical (unpaired) electrons. The smallest absolute Gasteiger partial charge is 0.161 e. The minimum Gasteiger partial charge on any atom is -0.397 e. The van der Waals surface area contributed by atoms with E-state index in [4.69, 9.17) is 10.5 Å². The van der Waals surface area contributed by atoms with Crippen LogP contribution in [-0.2, 0) is 4.74 Å². The van der Waals surface area contributed by atoms with Crippen LogP contribution >= 0.6 is 0 Å². The topological polar surface area (TPSA) is 38.5 Å². The zero-order valence-corrected chi connectivity index (χ0v) is 9.91. The zero-order valence-electron chi connectivity index (χ0n) is 9.91. The number of anilines is 2. The number of hydrogen-bond donors (Lipinski definition) is 1. The van der Waals surface area contributed by atoms with Crippen LogP contribution in [0.25, 0.3) is 0 Å². The Kier molecular flexibility index (Phi) is 3.19. The van der Waals surface area contributed by atoms with Gasteiger partial charge in [-0.25, -0.2) is 8.78 Å². The second-order valence-corrected chi connectivity index (χ2v) is 4.49. The quantitative estimate of drug-likeness (QED) is 0.767. The highest BCUT2D eigenvalue weighted by Gasteiger charge is 2.24. The van der Waals surface area contributed by atoms with Crippen LogP contribution in [0, 0.1) is 11.6 Å². The Balaban J connectivity index is 2.30. The number of halogens is 2. The molecule has 1 aliphatic heterocycles. The lowest BCUT2D eigenvalue weighted by atomic mass is 10.1. The number of nitrogen functional groups attached to an aromatic ring is 1. The molecule has 0 aliphatic carbocycles. The van der Waals surface area contributed by atoms with Crippen LogP contribution in [0.5, 0.6) is 0 Å². The molecule has 1 aromatic carbocycles. The van der Waals surface area contributed by atoms with E-state index in [2.05, 4.69) is 0 Å². The SMILES string of the molecule is C[C@@H]1CN(c2cc(F)c(F)cc2N)C[C@H](C)O1. The van der Waals surface area contributed by atoms with Gasteiger partial charge in [0.15, 0.2) is 11.6 Å². The van der Waals surface area contributed by atoms with Crippen molar-refractivity contribution in [1.82, 2.24) is 0 Å². The molecule has 2 rings (SSSR count). The molecular weight excluding hydrogens is 226 g/mol. The van der Waals surface area contributed by atoms with Crippen LogP contribution in [0.4, 0.5) is 20.2 Å².